The minimum Gasteiger partial charge on any atom is -0.392 e. The van der Waals surface area contributed by atoms with E-state index in [-0.39, 0.29) is 11.3 Å². The third-order valence-corrected chi connectivity index (χ3v) is 5.00. The topological polar surface area (TPSA) is 37.3 Å². The molecule has 78 valence electrons. The Bertz CT molecular complexity index is 311. The van der Waals surface area contributed by atoms with E-state index in [0.717, 1.165) is 25.7 Å². The minimum absolute atomic E-state index is 0.0362. The van der Waals surface area contributed by atoms with Crippen molar-refractivity contribution in [1.29, 1.82) is 0 Å². The molecule has 2 nitrogen and oxygen atoms in total. The van der Waals surface area contributed by atoms with Crippen LogP contribution in [-0.2, 0) is 4.79 Å². The van der Waals surface area contributed by atoms with E-state index in [1.165, 1.54) is 0 Å². The number of hydrogen-bond donors (Lipinski definition) is 1. The van der Waals surface area contributed by atoms with E-state index in [0.29, 0.717) is 11.7 Å². The van der Waals surface area contributed by atoms with Gasteiger partial charge >= 0.3 is 0 Å². The quantitative estimate of drug-likeness (QED) is 0.638. The number of aliphatic hydroxyl groups excluding tert-OH is 1. The lowest BCUT2D eigenvalue weighted by atomic mass is 9.43. The summed E-state index contributed by atoms with van der Waals surface area (Å²) in [5.74, 6) is 1.31. The number of rotatable bonds is 0. The van der Waals surface area contributed by atoms with Crippen LogP contribution >= 0.6 is 0 Å². The zero-order valence-corrected chi connectivity index (χ0v) is 8.92. The molecule has 4 rings (SSSR count). The maximum atomic E-state index is 12.1. The fourth-order valence-electron chi connectivity index (χ4n) is 4.64. The van der Waals surface area contributed by atoms with Gasteiger partial charge in [0, 0.05) is 5.92 Å². The average molecular weight is 194 g/mol. The van der Waals surface area contributed by atoms with Gasteiger partial charge in [0.05, 0.1) is 11.5 Å². The molecule has 0 aliphatic heterocycles. The molecule has 4 fully saturated rings. The Labute approximate surface area is 84.7 Å². The van der Waals surface area contributed by atoms with Crippen LogP contribution in [0, 0.1) is 22.7 Å². The summed E-state index contributed by atoms with van der Waals surface area (Å²) in [6.07, 6.45) is 3.69. The van der Waals surface area contributed by atoms with Crippen LogP contribution in [0.3, 0.4) is 0 Å². The van der Waals surface area contributed by atoms with Gasteiger partial charge in [0.1, 0.15) is 5.78 Å². The first-order valence-corrected chi connectivity index (χ1v) is 5.68. The highest BCUT2D eigenvalue weighted by atomic mass is 16.3. The molecule has 4 saturated carbocycles. The molecular formula is C12H18O2. The molecule has 4 aliphatic carbocycles. The number of aliphatic hydroxyl groups is 1. The smallest absolute Gasteiger partial charge is 0.144 e. The molecule has 0 heterocycles. The second kappa shape index (κ2) is 2.24. The Balaban J connectivity index is 2.11. The number of carbonyl (C=O) groups is 1. The molecule has 0 spiro atoms. The predicted octanol–water partition coefficient (Wildman–Crippen LogP) is 1.76. The fourth-order valence-corrected chi connectivity index (χ4v) is 4.64. The first kappa shape index (κ1) is 8.90. The van der Waals surface area contributed by atoms with Crippen LogP contribution in [0.1, 0.15) is 39.5 Å². The van der Waals surface area contributed by atoms with E-state index >= 15 is 0 Å². The van der Waals surface area contributed by atoms with Crippen molar-refractivity contribution in [2.24, 2.45) is 22.7 Å². The molecule has 0 aromatic heterocycles. The van der Waals surface area contributed by atoms with Crippen molar-refractivity contribution in [3.63, 3.8) is 0 Å². The van der Waals surface area contributed by atoms with Gasteiger partial charge in [0.25, 0.3) is 0 Å². The van der Waals surface area contributed by atoms with Gasteiger partial charge in [-0.25, -0.2) is 0 Å². The van der Waals surface area contributed by atoms with Crippen LogP contribution in [0.2, 0.25) is 0 Å². The molecule has 4 bridgehead atoms. The summed E-state index contributed by atoms with van der Waals surface area (Å²) in [4.78, 5) is 12.1. The van der Waals surface area contributed by atoms with Crippen molar-refractivity contribution >= 4 is 5.78 Å². The second-order valence-corrected chi connectivity index (χ2v) is 6.25. The van der Waals surface area contributed by atoms with E-state index in [9.17, 15) is 9.90 Å². The van der Waals surface area contributed by atoms with E-state index < -0.39 is 11.5 Å². The van der Waals surface area contributed by atoms with Crippen LogP contribution in [0.4, 0.5) is 0 Å². The molecule has 0 radical (unpaired) electrons. The molecular weight excluding hydrogens is 176 g/mol. The SMILES string of the molecule is CC12CC3CC(C1)C(=O)C(C)(C3)C2O. The molecule has 1 N–H and O–H groups in total. The summed E-state index contributed by atoms with van der Waals surface area (Å²) in [5, 5.41) is 10.3. The Morgan fingerprint density at radius 1 is 1.29 bits per heavy atom. The zero-order valence-electron chi connectivity index (χ0n) is 8.92. The Hall–Kier alpha value is -0.370. The summed E-state index contributed by atoms with van der Waals surface area (Å²) in [7, 11) is 0. The maximum absolute atomic E-state index is 12.1. The summed E-state index contributed by atoms with van der Waals surface area (Å²) in [5.41, 5.74) is -0.368. The Morgan fingerprint density at radius 2 is 2.00 bits per heavy atom. The van der Waals surface area contributed by atoms with E-state index in [1.54, 1.807) is 0 Å². The highest BCUT2D eigenvalue weighted by Crippen LogP contribution is 2.63. The predicted molar refractivity (Wildman–Crippen MR) is 52.7 cm³/mol. The van der Waals surface area contributed by atoms with Gasteiger partial charge in [-0.3, -0.25) is 4.79 Å². The molecule has 4 aliphatic rings. The number of ketones is 1. The van der Waals surface area contributed by atoms with Crippen LogP contribution in [0.25, 0.3) is 0 Å². The molecule has 0 aromatic carbocycles. The Morgan fingerprint density at radius 3 is 2.71 bits per heavy atom. The van der Waals surface area contributed by atoms with Gasteiger partial charge in [0.2, 0.25) is 0 Å². The van der Waals surface area contributed by atoms with Gasteiger partial charge in [-0.15, -0.1) is 0 Å². The lowest BCUT2D eigenvalue weighted by Crippen LogP contribution is -2.64. The maximum Gasteiger partial charge on any atom is 0.144 e. The van der Waals surface area contributed by atoms with Crippen LogP contribution in [0.15, 0.2) is 0 Å². The standard InChI is InChI=1S/C12H18O2/c1-11-4-7-3-8(6-11)9(13)12(2,5-7)10(11)14/h7-8,10,14H,3-6H2,1-2H3. The average Bonchev–Trinajstić information content (AvgIpc) is 2.10. The van der Waals surface area contributed by atoms with Gasteiger partial charge in [-0.2, -0.15) is 0 Å². The van der Waals surface area contributed by atoms with Gasteiger partial charge < -0.3 is 5.11 Å². The van der Waals surface area contributed by atoms with E-state index in [2.05, 4.69) is 6.92 Å². The largest absolute Gasteiger partial charge is 0.392 e. The minimum atomic E-state index is -0.404. The van der Waals surface area contributed by atoms with E-state index in [1.807, 2.05) is 6.92 Å². The van der Waals surface area contributed by atoms with Crippen molar-refractivity contribution in [3.8, 4) is 0 Å². The highest BCUT2D eigenvalue weighted by molar-refractivity contribution is 5.89. The van der Waals surface area contributed by atoms with Crippen molar-refractivity contribution in [2.75, 3.05) is 0 Å². The Kier molecular flexibility index (Phi) is 1.42. The summed E-state index contributed by atoms with van der Waals surface area (Å²) >= 11 is 0. The van der Waals surface area contributed by atoms with Crippen molar-refractivity contribution < 1.29 is 9.90 Å². The zero-order chi connectivity index (χ0) is 10.1. The number of carbonyl (C=O) groups excluding carboxylic acids is 1. The van der Waals surface area contributed by atoms with Crippen molar-refractivity contribution in [3.05, 3.63) is 0 Å². The third kappa shape index (κ3) is 0.796. The highest BCUT2D eigenvalue weighted by Gasteiger charge is 2.64. The fraction of sp³-hybridized carbons (Fsp3) is 0.917. The normalized spacial score (nSPS) is 60.8. The molecule has 0 aromatic rings. The summed E-state index contributed by atoms with van der Waals surface area (Å²) in [6, 6.07) is 0. The summed E-state index contributed by atoms with van der Waals surface area (Å²) in [6.45, 7) is 4.15. The van der Waals surface area contributed by atoms with Crippen LogP contribution in [-0.4, -0.2) is 17.0 Å². The van der Waals surface area contributed by atoms with Crippen LogP contribution < -0.4 is 0 Å². The lowest BCUT2D eigenvalue weighted by molar-refractivity contribution is -0.195. The van der Waals surface area contributed by atoms with Gasteiger partial charge in [-0.1, -0.05) is 13.8 Å². The monoisotopic (exact) mass is 194 g/mol. The van der Waals surface area contributed by atoms with Gasteiger partial charge in [-0.05, 0) is 37.0 Å². The molecule has 5 unspecified atom stereocenters. The molecule has 14 heavy (non-hydrogen) atoms. The third-order valence-electron chi connectivity index (χ3n) is 5.00. The van der Waals surface area contributed by atoms with Crippen molar-refractivity contribution in [2.45, 2.75) is 45.6 Å². The molecule has 0 amide bonds. The number of hydrogen-bond acceptors (Lipinski definition) is 2. The molecule has 5 atom stereocenters. The van der Waals surface area contributed by atoms with Crippen LogP contribution in [0.5, 0.6) is 0 Å². The van der Waals surface area contributed by atoms with Crippen molar-refractivity contribution in [1.82, 2.24) is 0 Å². The number of Topliss-reactive ketones (excluding diaryl/α,β-unsaturated/α-hetero) is 1. The van der Waals surface area contributed by atoms with Gasteiger partial charge in [0.15, 0.2) is 0 Å². The summed E-state index contributed by atoms with van der Waals surface area (Å²) < 4.78 is 0. The second-order valence-electron chi connectivity index (χ2n) is 6.25. The van der Waals surface area contributed by atoms with E-state index in [4.69, 9.17) is 0 Å². The first-order chi connectivity index (χ1) is 6.46. The lowest BCUT2D eigenvalue weighted by Gasteiger charge is -2.61. The molecule has 0 saturated heterocycles. The molecule has 2 heteroatoms. The first-order valence-electron chi connectivity index (χ1n) is 5.68.